The van der Waals surface area contributed by atoms with Crippen molar-refractivity contribution in [1.29, 1.82) is 0 Å². The van der Waals surface area contributed by atoms with Crippen molar-refractivity contribution in [2.75, 3.05) is 24.2 Å². The number of phenols is 1. The fourth-order valence-corrected chi connectivity index (χ4v) is 7.24. The molecular weight excluding hydrogens is 640 g/mol. The predicted molar refractivity (Wildman–Crippen MR) is 171 cm³/mol. The maximum Gasteiger partial charge on any atom is 0.355 e. The summed E-state index contributed by atoms with van der Waals surface area (Å²) in [5, 5.41) is 10.8. The molecule has 2 aromatic heterocycles. The standard InChI is InChI=1S/C32H30ClF2N5O5S/c1-16-15-39(31(42)18(3)34)17(2)14-38(16)29-21-13-22(33)27(26-23(35)8-6-9-24(26)41)36-30(21)40(32(43)37-29)28-20(19-11-12-19)7-5-10-25(28)46(4,44)45/h5-10,13,16-17,19,41H,3,11-12,14-15H2,1-2,4H3/t16-,17+/m0/s1. The van der Waals surface area contributed by atoms with Gasteiger partial charge in [0.1, 0.15) is 17.4 Å². The van der Waals surface area contributed by atoms with Crippen LogP contribution in [-0.4, -0.2) is 70.3 Å². The van der Waals surface area contributed by atoms with Gasteiger partial charge in [0.05, 0.1) is 32.2 Å². The zero-order valence-corrected chi connectivity index (χ0v) is 26.7. The summed E-state index contributed by atoms with van der Waals surface area (Å²) >= 11 is 6.72. The van der Waals surface area contributed by atoms with Crippen molar-refractivity contribution in [2.45, 2.75) is 49.6 Å². The van der Waals surface area contributed by atoms with Crippen LogP contribution >= 0.6 is 11.6 Å². The lowest BCUT2D eigenvalue weighted by Gasteiger charge is -2.44. The lowest BCUT2D eigenvalue weighted by molar-refractivity contribution is -0.131. The highest BCUT2D eigenvalue weighted by Gasteiger charge is 2.37. The predicted octanol–water partition coefficient (Wildman–Crippen LogP) is 5.14. The van der Waals surface area contributed by atoms with Gasteiger partial charge in [0.25, 0.3) is 5.91 Å². The number of anilines is 1. The Morgan fingerprint density at radius 2 is 1.78 bits per heavy atom. The Morgan fingerprint density at radius 1 is 1.09 bits per heavy atom. The first-order chi connectivity index (χ1) is 21.7. The first-order valence-electron chi connectivity index (χ1n) is 14.6. The molecule has 240 valence electrons. The Hall–Kier alpha value is -4.36. The molecule has 1 saturated heterocycles. The van der Waals surface area contributed by atoms with Gasteiger partial charge in [-0.05, 0) is 62.4 Å². The number of sulfone groups is 1. The summed E-state index contributed by atoms with van der Waals surface area (Å²) in [6.45, 7) is 6.85. The van der Waals surface area contributed by atoms with Crippen LogP contribution in [0.2, 0.25) is 5.02 Å². The molecule has 0 bridgehead atoms. The number of carbonyl (C=O) groups excluding carboxylic acids is 1. The smallest absolute Gasteiger partial charge is 0.355 e. The number of aromatic hydroxyl groups is 1. The zero-order chi connectivity index (χ0) is 33.2. The number of phenolic OH excluding ortho intramolecular Hbond substituents is 1. The van der Waals surface area contributed by atoms with E-state index >= 15 is 4.39 Å². The third-order valence-electron chi connectivity index (χ3n) is 8.45. The van der Waals surface area contributed by atoms with Crippen molar-refractivity contribution >= 4 is 44.2 Å². The summed E-state index contributed by atoms with van der Waals surface area (Å²) in [4.78, 5) is 38.8. The van der Waals surface area contributed by atoms with Gasteiger partial charge in [-0.3, -0.25) is 4.79 Å². The summed E-state index contributed by atoms with van der Waals surface area (Å²) < 4.78 is 56.2. The minimum Gasteiger partial charge on any atom is -0.507 e. The number of amides is 1. The van der Waals surface area contributed by atoms with Crippen molar-refractivity contribution in [3.63, 3.8) is 0 Å². The third-order valence-corrected chi connectivity index (χ3v) is 9.87. The lowest BCUT2D eigenvalue weighted by Crippen LogP contribution is -2.58. The molecule has 10 nitrogen and oxygen atoms in total. The second-order valence-corrected chi connectivity index (χ2v) is 14.2. The Morgan fingerprint density at radius 3 is 2.41 bits per heavy atom. The number of hydrogen-bond donors (Lipinski definition) is 1. The number of benzene rings is 2. The van der Waals surface area contributed by atoms with E-state index in [0.717, 1.165) is 29.7 Å². The van der Waals surface area contributed by atoms with E-state index in [0.29, 0.717) is 5.56 Å². The summed E-state index contributed by atoms with van der Waals surface area (Å²) in [6, 6.07) is 8.95. The van der Waals surface area contributed by atoms with E-state index < -0.39 is 50.9 Å². The van der Waals surface area contributed by atoms with Crippen molar-refractivity contribution in [3.8, 4) is 22.7 Å². The van der Waals surface area contributed by atoms with Crippen LogP contribution in [0.25, 0.3) is 28.0 Å². The number of hydrogen-bond acceptors (Lipinski definition) is 8. The highest BCUT2D eigenvalue weighted by atomic mass is 35.5. The van der Waals surface area contributed by atoms with Gasteiger partial charge in [0, 0.05) is 31.4 Å². The normalized spacial score (nSPS) is 18.7. The van der Waals surface area contributed by atoms with Crippen LogP contribution in [0.15, 0.2) is 64.6 Å². The SMILES string of the molecule is C=C(F)C(=O)N1C[C@H](C)N(c2nc(=O)n(-c3c(C4CC4)cccc3S(C)(=O)=O)c3nc(-c4c(O)cccc4F)c(Cl)cc23)C[C@H]1C. The molecule has 1 saturated carbocycles. The molecule has 2 atom stereocenters. The summed E-state index contributed by atoms with van der Waals surface area (Å²) in [7, 11) is -3.87. The molecule has 14 heteroatoms. The molecule has 1 aliphatic heterocycles. The van der Waals surface area contributed by atoms with Crippen LogP contribution in [0, 0.1) is 5.82 Å². The maximum absolute atomic E-state index is 15.1. The monoisotopic (exact) mass is 669 g/mol. The largest absolute Gasteiger partial charge is 0.507 e. The quantitative estimate of drug-likeness (QED) is 0.280. The Balaban J connectivity index is 1.68. The Bertz CT molecular complexity index is 2100. The fourth-order valence-electron chi connectivity index (χ4n) is 6.11. The average molecular weight is 670 g/mol. The van der Waals surface area contributed by atoms with Crippen molar-refractivity contribution in [2.24, 2.45) is 0 Å². The number of nitrogens with zero attached hydrogens (tertiary/aromatic N) is 5. The van der Waals surface area contributed by atoms with Crippen molar-refractivity contribution < 1.29 is 27.1 Å². The van der Waals surface area contributed by atoms with Gasteiger partial charge in [0.2, 0.25) is 0 Å². The number of fused-ring (bicyclic) bond motifs is 1. The molecule has 0 spiro atoms. The van der Waals surface area contributed by atoms with Crippen LogP contribution in [0.3, 0.4) is 0 Å². The molecule has 2 aromatic carbocycles. The molecule has 1 N–H and O–H groups in total. The highest BCUT2D eigenvalue weighted by molar-refractivity contribution is 7.90. The van der Waals surface area contributed by atoms with Gasteiger partial charge in [0.15, 0.2) is 21.3 Å². The van der Waals surface area contributed by atoms with E-state index in [4.69, 9.17) is 11.6 Å². The zero-order valence-electron chi connectivity index (χ0n) is 25.2. The third kappa shape index (κ3) is 5.41. The van der Waals surface area contributed by atoms with E-state index in [2.05, 4.69) is 16.5 Å². The fraction of sp³-hybridized carbons (Fsp3) is 0.312. The van der Waals surface area contributed by atoms with E-state index in [-0.39, 0.29) is 62.7 Å². The van der Waals surface area contributed by atoms with Gasteiger partial charge in [-0.1, -0.05) is 36.4 Å². The van der Waals surface area contributed by atoms with E-state index in [1.807, 2.05) is 0 Å². The summed E-state index contributed by atoms with van der Waals surface area (Å²) in [5.41, 5.74) is -0.670. The van der Waals surface area contributed by atoms with Gasteiger partial charge in [-0.15, -0.1) is 0 Å². The Kier molecular flexibility index (Phi) is 7.88. The molecular formula is C32H30ClF2N5O5S. The maximum atomic E-state index is 15.1. The summed E-state index contributed by atoms with van der Waals surface area (Å²) in [5.74, 6) is -3.04. The number of piperazine rings is 1. The second-order valence-electron chi connectivity index (χ2n) is 11.8. The molecule has 1 amide bonds. The summed E-state index contributed by atoms with van der Waals surface area (Å²) in [6.07, 6.45) is 2.62. The van der Waals surface area contributed by atoms with Gasteiger partial charge in [-0.2, -0.15) is 4.98 Å². The molecule has 0 radical (unpaired) electrons. The van der Waals surface area contributed by atoms with E-state index in [1.54, 1.807) is 30.9 Å². The lowest BCUT2D eigenvalue weighted by atomic mass is 10.1. The van der Waals surface area contributed by atoms with Crippen LogP contribution in [0.1, 0.15) is 38.2 Å². The molecule has 3 heterocycles. The molecule has 6 rings (SSSR count). The number of aromatic nitrogens is 3. The molecule has 0 unspecified atom stereocenters. The van der Waals surface area contributed by atoms with Gasteiger partial charge >= 0.3 is 5.69 Å². The number of para-hydroxylation sites is 1. The number of halogens is 3. The van der Waals surface area contributed by atoms with Crippen LogP contribution in [-0.2, 0) is 14.6 Å². The van der Waals surface area contributed by atoms with Crippen LogP contribution in [0.4, 0.5) is 14.6 Å². The van der Waals surface area contributed by atoms with Gasteiger partial charge in [-0.25, -0.2) is 31.5 Å². The average Bonchev–Trinajstić information content (AvgIpc) is 3.83. The van der Waals surface area contributed by atoms with Crippen molar-refractivity contribution in [1.82, 2.24) is 19.4 Å². The Labute approximate surface area is 268 Å². The first-order valence-corrected chi connectivity index (χ1v) is 16.8. The van der Waals surface area contributed by atoms with Crippen LogP contribution in [0.5, 0.6) is 5.75 Å². The highest BCUT2D eigenvalue weighted by Crippen LogP contribution is 2.45. The minimum atomic E-state index is -3.87. The van der Waals surface area contributed by atoms with E-state index in [9.17, 15) is 27.5 Å². The molecule has 2 fully saturated rings. The topological polar surface area (TPSA) is 126 Å². The number of rotatable bonds is 6. The van der Waals surface area contributed by atoms with E-state index in [1.165, 1.54) is 29.2 Å². The molecule has 2 aliphatic rings. The van der Waals surface area contributed by atoms with Crippen LogP contribution < -0.4 is 10.6 Å². The minimum absolute atomic E-state index is 0.00236. The van der Waals surface area contributed by atoms with Crippen molar-refractivity contribution in [3.05, 3.63) is 81.8 Å². The molecule has 46 heavy (non-hydrogen) atoms. The van der Waals surface area contributed by atoms with Gasteiger partial charge < -0.3 is 14.9 Å². The molecule has 1 aliphatic carbocycles. The number of pyridine rings is 1. The second kappa shape index (κ2) is 11.5. The number of carbonyl (C=O) groups is 1. The molecule has 4 aromatic rings. The first kappa shape index (κ1) is 31.6.